The first kappa shape index (κ1) is 36.9. The van der Waals surface area contributed by atoms with Gasteiger partial charge in [0.1, 0.15) is 18.2 Å². The Bertz CT molecular complexity index is 1500. The van der Waals surface area contributed by atoms with Gasteiger partial charge in [-0.2, -0.15) is 0 Å². The summed E-state index contributed by atoms with van der Waals surface area (Å²) in [7, 11) is 3.07. The summed E-state index contributed by atoms with van der Waals surface area (Å²) >= 11 is 0. The van der Waals surface area contributed by atoms with Gasteiger partial charge in [0, 0.05) is 30.9 Å². The first-order valence-electron chi connectivity index (χ1n) is 17.3. The monoisotopic (exact) mass is 699 g/mol. The van der Waals surface area contributed by atoms with Gasteiger partial charge in [0.15, 0.2) is 17.1 Å². The number of ketones is 1. The molecule has 3 heterocycles. The molecule has 2 saturated heterocycles. The molecule has 274 valence electrons. The summed E-state index contributed by atoms with van der Waals surface area (Å²) in [5, 5.41) is 12.6. The smallest absolute Gasteiger partial charge is 0.408 e. The fourth-order valence-corrected chi connectivity index (χ4v) is 6.49. The predicted octanol–water partition coefficient (Wildman–Crippen LogP) is 2.23. The van der Waals surface area contributed by atoms with Gasteiger partial charge in [0.2, 0.25) is 17.6 Å². The molecule has 4 aliphatic rings. The molecule has 5 rings (SSSR count). The molecular weight excluding hydrogens is 650 g/mol. The third-order valence-electron chi connectivity index (χ3n) is 9.43. The number of alkyl carbamates (subject to hydrolysis) is 1. The number of hydrogen-bond donors (Lipinski definition) is 3. The number of nitrogens with one attached hydrogen (secondary N) is 3. The minimum absolute atomic E-state index is 0.0265. The van der Waals surface area contributed by atoms with Crippen molar-refractivity contribution in [3.63, 3.8) is 0 Å². The first-order valence-corrected chi connectivity index (χ1v) is 17.3. The molecule has 4 amide bonds. The topological polar surface area (TPSA) is 183 Å². The predicted molar refractivity (Wildman–Crippen MR) is 180 cm³/mol. The van der Waals surface area contributed by atoms with E-state index >= 15 is 0 Å². The van der Waals surface area contributed by atoms with Crippen molar-refractivity contribution < 1.29 is 47.8 Å². The van der Waals surface area contributed by atoms with Crippen molar-refractivity contribution in [2.45, 2.75) is 109 Å². The summed E-state index contributed by atoms with van der Waals surface area (Å²) in [6.07, 6.45) is 2.04. The number of hydrogen-bond acceptors (Lipinski definition) is 11. The molecule has 1 aliphatic carbocycles. The molecule has 1 saturated carbocycles. The lowest BCUT2D eigenvalue weighted by molar-refractivity contribution is -0.144. The number of oxime groups is 1. The van der Waals surface area contributed by atoms with Crippen LogP contribution in [-0.4, -0.2) is 110 Å². The summed E-state index contributed by atoms with van der Waals surface area (Å²) < 4.78 is 21.7. The van der Waals surface area contributed by atoms with E-state index in [1.54, 1.807) is 40.0 Å². The van der Waals surface area contributed by atoms with E-state index in [1.807, 2.05) is 13.0 Å². The molecule has 0 aromatic heterocycles. The van der Waals surface area contributed by atoms with Crippen molar-refractivity contribution >= 4 is 35.3 Å². The van der Waals surface area contributed by atoms with Crippen molar-refractivity contribution in [3.8, 4) is 11.5 Å². The number of benzene rings is 1. The Labute approximate surface area is 292 Å². The maximum atomic E-state index is 14.5. The molecule has 5 atom stereocenters. The number of methoxy groups -OCH3 is 2. The van der Waals surface area contributed by atoms with Crippen LogP contribution in [0.1, 0.15) is 78.2 Å². The van der Waals surface area contributed by atoms with E-state index in [0.29, 0.717) is 42.2 Å². The summed E-state index contributed by atoms with van der Waals surface area (Å²) in [5.41, 5.74) is -0.576. The Balaban J connectivity index is 1.40. The maximum Gasteiger partial charge on any atom is 0.408 e. The largest absolute Gasteiger partial charge is 0.493 e. The number of nitrogens with zero attached hydrogens (tertiary/aromatic N) is 2. The summed E-state index contributed by atoms with van der Waals surface area (Å²) in [6.45, 7) is 7.97. The van der Waals surface area contributed by atoms with E-state index in [2.05, 4.69) is 21.1 Å². The normalized spacial score (nSPS) is 24.1. The van der Waals surface area contributed by atoms with Crippen LogP contribution in [0.5, 0.6) is 11.5 Å². The molecule has 15 heteroatoms. The van der Waals surface area contributed by atoms with Crippen LogP contribution in [0.2, 0.25) is 0 Å². The Kier molecular flexibility index (Phi) is 11.2. The average Bonchev–Trinajstić information content (AvgIpc) is 3.43. The zero-order valence-corrected chi connectivity index (χ0v) is 29.7. The van der Waals surface area contributed by atoms with Crippen molar-refractivity contribution in [2.24, 2.45) is 10.6 Å². The van der Waals surface area contributed by atoms with Crippen LogP contribution in [0, 0.1) is 5.41 Å². The maximum absolute atomic E-state index is 14.5. The number of ether oxygens (including phenoxy) is 4. The number of rotatable bonds is 13. The fourth-order valence-electron chi connectivity index (χ4n) is 6.49. The number of carbonyl (C=O) groups excluding carboxylic acids is 5. The summed E-state index contributed by atoms with van der Waals surface area (Å²) in [4.78, 5) is 75.0. The van der Waals surface area contributed by atoms with E-state index < -0.39 is 64.8 Å². The van der Waals surface area contributed by atoms with Gasteiger partial charge in [0.25, 0.3) is 5.91 Å². The highest BCUT2D eigenvalue weighted by Crippen LogP contribution is 2.41. The highest BCUT2D eigenvalue weighted by Gasteiger charge is 2.56. The van der Waals surface area contributed by atoms with E-state index in [-0.39, 0.29) is 38.5 Å². The second-order valence-electron chi connectivity index (χ2n) is 14.5. The molecule has 50 heavy (non-hydrogen) atoms. The van der Waals surface area contributed by atoms with Crippen LogP contribution >= 0.6 is 0 Å². The van der Waals surface area contributed by atoms with E-state index in [0.717, 1.165) is 12.8 Å². The summed E-state index contributed by atoms with van der Waals surface area (Å²) in [5.74, 6) is -1.56. The van der Waals surface area contributed by atoms with Gasteiger partial charge in [-0.05, 0) is 42.9 Å². The lowest BCUT2D eigenvalue weighted by Gasteiger charge is -2.35. The van der Waals surface area contributed by atoms with Crippen molar-refractivity contribution in [2.75, 3.05) is 34.0 Å². The molecule has 1 aromatic carbocycles. The highest BCUT2D eigenvalue weighted by molar-refractivity contribution is 6.38. The van der Waals surface area contributed by atoms with Crippen molar-refractivity contribution in [1.29, 1.82) is 0 Å². The Morgan fingerprint density at radius 3 is 2.42 bits per heavy atom. The first-order chi connectivity index (χ1) is 23.8. The molecule has 3 N–H and O–H groups in total. The average molecular weight is 700 g/mol. The summed E-state index contributed by atoms with van der Waals surface area (Å²) in [6, 6.07) is 2.04. The Morgan fingerprint density at radius 2 is 1.80 bits per heavy atom. The van der Waals surface area contributed by atoms with Gasteiger partial charge in [-0.15, -0.1) is 0 Å². The molecule has 1 unspecified atom stereocenters. The van der Waals surface area contributed by atoms with Gasteiger partial charge >= 0.3 is 6.09 Å². The molecule has 15 nitrogen and oxygen atoms in total. The minimum atomic E-state index is -1.10. The molecule has 0 bridgehead atoms. The van der Waals surface area contributed by atoms with Crippen LogP contribution in [0.15, 0.2) is 23.4 Å². The quantitative estimate of drug-likeness (QED) is 0.258. The van der Waals surface area contributed by atoms with Crippen LogP contribution < -0.4 is 25.4 Å². The third kappa shape index (κ3) is 8.48. The second-order valence-corrected chi connectivity index (χ2v) is 14.5. The zero-order valence-electron chi connectivity index (χ0n) is 29.7. The van der Waals surface area contributed by atoms with E-state index in [9.17, 15) is 24.0 Å². The van der Waals surface area contributed by atoms with Gasteiger partial charge in [-0.3, -0.25) is 19.2 Å². The van der Waals surface area contributed by atoms with Crippen LogP contribution in [-0.2, 0) is 33.5 Å². The second kappa shape index (κ2) is 15.2. The fraction of sp³-hybridized carbons (Fsp3) is 0.657. The number of Topliss-reactive ketones (excluding diaryl/α,β-unsaturated/α-hetero) is 1. The van der Waals surface area contributed by atoms with Crippen molar-refractivity contribution in [1.82, 2.24) is 20.9 Å². The molecule has 0 radical (unpaired) electrons. The van der Waals surface area contributed by atoms with Crippen LogP contribution in [0.4, 0.5) is 4.79 Å². The molecule has 1 aromatic rings. The van der Waals surface area contributed by atoms with Crippen LogP contribution in [0.3, 0.4) is 0 Å². The zero-order chi connectivity index (χ0) is 36.2. The lowest BCUT2D eigenvalue weighted by Crippen LogP contribution is -2.59. The molecule has 1 spiro atoms. The molecular formula is C35H49N5O10. The highest BCUT2D eigenvalue weighted by atomic mass is 16.7. The van der Waals surface area contributed by atoms with Gasteiger partial charge in [0.05, 0.1) is 45.7 Å². The van der Waals surface area contributed by atoms with Gasteiger partial charge in [-0.25, -0.2) is 4.79 Å². The molecule has 3 fully saturated rings. The van der Waals surface area contributed by atoms with Crippen molar-refractivity contribution in [3.05, 3.63) is 23.8 Å². The molecule has 3 aliphatic heterocycles. The van der Waals surface area contributed by atoms with E-state index in [1.165, 1.54) is 12.0 Å². The number of amides is 4. The third-order valence-corrected chi connectivity index (χ3v) is 9.43. The number of likely N-dealkylation sites (tertiary alicyclic amines) is 1. The minimum Gasteiger partial charge on any atom is -0.493 e. The number of carbonyl (C=O) groups is 5. The lowest BCUT2D eigenvalue weighted by atomic mass is 9.85. The van der Waals surface area contributed by atoms with Crippen LogP contribution in [0.25, 0.3) is 0 Å². The van der Waals surface area contributed by atoms with Gasteiger partial charge < -0.3 is 44.6 Å². The Morgan fingerprint density at radius 1 is 1.06 bits per heavy atom. The SMILES string of the molecule is CCCC(NC(=O)[C@@H]1C[C@]2(CC(c3ccc(OC)c(OC)c3)=NO2)CN1C(=O)[C@@H](NC(=O)O[C@H]1CCOC1)C(C)(C)C)C(=O)C(=O)NC1CC1. The van der Waals surface area contributed by atoms with Gasteiger partial charge in [-0.1, -0.05) is 39.3 Å². The standard InChI is InChI=1S/C35H49N5O10/c1-7-8-23(28(41)31(43)36-21-10-11-21)37-30(42)25-17-35(16-24(39-50-35)20-9-12-26(46-5)27(15-20)47-6)19-40(25)32(44)29(34(2,3)4)38-33(45)49-22-13-14-48-18-22/h9,12,15,21-23,25,29H,7-8,10-11,13-14,16-19H2,1-6H3,(H,36,43)(H,37,42)(H,38,45)/t22-,23?,25-,29+,35+/m0/s1. The van der Waals surface area contributed by atoms with E-state index in [4.69, 9.17) is 23.8 Å². The Hall–Kier alpha value is -4.40.